The van der Waals surface area contributed by atoms with Crippen LogP contribution in [0.3, 0.4) is 0 Å². The number of halogens is 2. The summed E-state index contributed by atoms with van der Waals surface area (Å²) in [6.45, 7) is 2.88. The third-order valence-electron chi connectivity index (χ3n) is 5.84. The van der Waals surface area contributed by atoms with E-state index in [0.717, 1.165) is 28.8 Å². The van der Waals surface area contributed by atoms with Gasteiger partial charge >= 0.3 is 0 Å². The number of thiocarbonyl (C=S) groups is 1. The van der Waals surface area contributed by atoms with Gasteiger partial charge in [-0.05, 0) is 60.5 Å². The van der Waals surface area contributed by atoms with Crippen LogP contribution in [0.4, 0.5) is 4.39 Å². The monoisotopic (exact) mass is 563 g/mol. The molecule has 4 aromatic rings. The molecule has 0 unspecified atom stereocenters. The highest BCUT2D eigenvalue weighted by Crippen LogP contribution is 2.37. The fourth-order valence-electron chi connectivity index (χ4n) is 3.96. The fourth-order valence-corrected chi connectivity index (χ4v) is 5.44. The van der Waals surface area contributed by atoms with Crippen LogP contribution >= 0.6 is 35.6 Å². The largest absolute Gasteiger partial charge is 0.492 e. The Kier molecular flexibility index (Phi) is 7.93. The van der Waals surface area contributed by atoms with Crippen molar-refractivity contribution >= 4 is 51.9 Å². The number of hydrogen-bond donors (Lipinski definition) is 0. The molecule has 0 saturated carbocycles. The van der Waals surface area contributed by atoms with E-state index in [2.05, 4.69) is 0 Å². The molecule has 5 nitrogen and oxygen atoms in total. The second kappa shape index (κ2) is 11.5. The molecule has 5 rings (SSSR count). The SMILES string of the molecule is CCCOc1ccc(-c2nn(-c3ccccc3)cc2/C=C2\SC(=S)N(Cc3ccc(F)cc3)C2=O)cc1Cl. The molecule has 0 atom stereocenters. The first kappa shape index (κ1) is 26.2. The van der Waals surface area contributed by atoms with E-state index in [0.29, 0.717) is 32.3 Å². The van der Waals surface area contributed by atoms with Crippen molar-refractivity contribution in [3.05, 3.63) is 106 Å². The van der Waals surface area contributed by atoms with Crippen LogP contribution in [0.2, 0.25) is 5.02 Å². The number of carbonyl (C=O) groups is 1. The van der Waals surface area contributed by atoms with E-state index in [1.54, 1.807) is 22.9 Å². The van der Waals surface area contributed by atoms with Gasteiger partial charge in [-0.2, -0.15) is 5.10 Å². The summed E-state index contributed by atoms with van der Waals surface area (Å²) >= 11 is 13.3. The van der Waals surface area contributed by atoms with Crippen LogP contribution in [0.5, 0.6) is 5.75 Å². The Hall–Kier alpha value is -3.46. The lowest BCUT2D eigenvalue weighted by Gasteiger charge is -2.14. The number of thioether (sulfide) groups is 1. The number of para-hydroxylation sites is 1. The van der Waals surface area contributed by atoms with Crippen LogP contribution in [0.15, 0.2) is 83.9 Å². The number of ether oxygens (including phenoxy) is 1. The maximum absolute atomic E-state index is 13.3. The third-order valence-corrected chi connectivity index (χ3v) is 7.52. The lowest BCUT2D eigenvalue weighted by atomic mass is 10.1. The molecule has 38 heavy (non-hydrogen) atoms. The molecule has 2 heterocycles. The van der Waals surface area contributed by atoms with Gasteiger partial charge in [0.2, 0.25) is 0 Å². The van der Waals surface area contributed by atoms with Crippen LogP contribution in [0, 0.1) is 5.82 Å². The Bertz CT molecular complexity index is 1520. The normalized spacial score (nSPS) is 14.5. The first-order valence-corrected chi connectivity index (χ1v) is 13.6. The molecule has 0 aliphatic carbocycles. The van der Waals surface area contributed by atoms with Gasteiger partial charge in [0.05, 0.1) is 28.8 Å². The molecule has 0 radical (unpaired) electrons. The number of rotatable bonds is 8. The minimum atomic E-state index is -0.327. The van der Waals surface area contributed by atoms with E-state index in [9.17, 15) is 9.18 Å². The van der Waals surface area contributed by atoms with E-state index < -0.39 is 0 Å². The van der Waals surface area contributed by atoms with Crippen LogP contribution in [0.1, 0.15) is 24.5 Å². The second-order valence-corrected chi connectivity index (χ2v) is 10.7. The van der Waals surface area contributed by atoms with E-state index >= 15 is 0 Å². The molecule has 1 amide bonds. The van der Waals surface area contributed by atoms with Gasteiger partial charge in [-0.3, -0.25) is 9.69 Å². The van der Waals surface area contributed by atoms with Gasteiger partial charge in [-0.15, -0.1) is 0 Å². The van der Waals surface area contributed by atoms with Crippen LogP contribution < -0.4 is 4.74 Å². The highest BCUT2D eigenvalue weighted by molar-refractivity contribution is 8.26. The van der Waals surface area contributed by atoms with Gasteiger partial charge in [0.25, 0.3) is 5.91 Å². The van der Waals surface area contributed by atoms with E-state index in [1.807, 2.05) is 61.7 Å². The van der Waals surface area contributed by atoms with Crippen molar-refractivity contribution in [1.82, 2.24) is 14.7 Å². The van der Waals surface area contributed by atoms with Gasteiger partial charge < -0.3 is 4.74 Å². The van der Waals surface area contributed by atoms with Crippen molar-refractivity contribution in [2.45, 2.75) is 19.9 Å². The zero-order valence-corrected chi connectivity index (χ0v) is 22.8. The molecular weight excluding hydrogens is 541 g/mol. The van der Waals surface area contributed by atoms with Gasteiger partial charge in [0.15, 0.2) is 0 Å². The van der Waals surface area contributed by atoms with Crippen molar-refractivity contribution in [1.29, 1.82) is 0 Å². The summed E-state index contributed by atoms with van der Waals surface area (Å²) in [4.78, 5) is 15.3. The third kappa shape index (κ3) is 5.67. The van der Waals surface area contributed by atoms with Gasteiger partial charge in [0.1, 0.15) is 21.6 Å². The number of amides is 1. The Labute approximate surface area is 234 Å². The molecule has 0 N–H and O–H groups in total. The molecule has 1 aromatic heterocycles. The average Bonchev–Trinajstić information content (AvgIpc) is 3.46. The summed E-state index contributed by atoms with van der Waals surface area (Å²) in [5.41, 5.74) is 3.88. The van der Waals surface area contributed by atoms with E-state index in [4.69, 9.17) is 33.7 Å². The number of benzene rings is 3. The second-order valence-electron chi connectivity index (χ2n) is 8.60. The van der Waals surface area contributed by atoms with E-state index in [1.165, 1.54) is 28.8 Å². The minimum absolute atomic E-state index is 0.205. The summed E-state index contributed by atoms with van der Waals surface area (Å²) in [6, 6.07) is 21.3. The maximum Gasteiger partial charge on any atom is 0.266 e. The summed E-state index contributed by atoms with van der Waals surface area (Å²) < 4.78 is 21.3. The topological polar surface area (TPSA) is 47.4 Å². The Morgan fingerprint density at radius 1 is 1.11 bits per heavy atom. The zero-order chi connectivity index (χ0) is 26.6. The molecule has 1 fully saturated rings. The Balaban J connectivity index is 1.50. The van der Waals surface area contributed by atoms with Crippen molar-refractivity contribution < 1.29 is 13.9 Å². The fraction of sp³-hybridized carbons (Fsp3) is 0.138. The summed E-state index contributed by atoms with van der Waals surface area (Å²) in [6.07, 6.45) is 4.57. The lowest BCUT2D eigenvalue weighted by molar-refractivity contribution is -0.122. The standard InChI is InChI=1S/C29H23ClFN3O2S2/c1-2-14-36-25-13-10-20(15-24(25)30)27-21(18-34(32-27)23-6-4-3-5-7-23)16-26-28(35)33(29(37)38-26)17-19-8-11-22(31)12-9-19/h3-13,15-16,18H,2,14,17H2,1H3/b26-16-. The first-order chi connectivity index (χ1) is 18.4. The highest BCUT2D eigenvalue weighted by Gasteiger charge is 2.32. The molecule has 9 heteroatoms. The van der Waals surface area contributed by atoms with Crippen LogP contribution in [-0.4, -0.2) is 31.5 Å². The summed E-state index contributed by atoms with van der Waals surface area (Å²) in [5.74, 6) is 0.0825. The number of nitrogens with zero attached hydrogens (tertiary/aromatic N) is 3. The Morgan fingerprint density at radius 2 is 1.87 bits per heavy atom. The van der Waals surface area contributed by atoms with Crippen molar-refractivity contribution in [2.75, 3.05) is 6.61 Å². The maximum atomic E-state index is 13.3. The Morgan fingerprint density at radius 3 is 2.58 bits per heavy atom. The molecule has 1 aliphatic heterocycles. The van der Waals surface area contributed by atoms with Gasteiger partial charge in [-0.1, -0.05) is 72.8 Å². The molecule has 0 spiro atoms. The van der Waals surface area contributed by atoms with E-state index in [-0.39, 0.29) is 18.3 Å². The number of aromatic nitrogens is 2. The van der Waals surface area contributed by atoms with Crippen molar-refractivity contribution in [2.24, 2.45) is 0 Å². The predicted octanol–water partition coefficient (Wildman–Crippen LogP) is 7.52. The average molecular weight is 564 g/mol. The zero-order valence-electron chi connectivity index (χ0n) is 20.4. The lowest BCUT2D eigenvalue weighted by Crippen LogP contribution is -2.27. The molecule has 1 saturated heterocycles. The first-order valence-electron chi connectivity index (χ1n) is 12.0. The number of carbonyl (C=O) groups excluding carboxylic acids is 1. The van der Waals surface area contributed by atoms with Crippen molar-refractivity contribution in [3.63, 3.8) is 0 Å². The smallest absolute Gasteiger partial charge is 0.266 e. The van der Waals surface area contributed by atoms with Gasteiger partial charge in [0, 0.05) is 17.3 Å². The predicted molar refractivity (Wildman–Crippen MR) is 155 cm³/mol. The van der Waals surface area contributed by atoms with Gasteiger partial charge in [-0.25, -0.2) is 9.07 Å². The quantitative estimate of drug-likeness (QED) is 0.164. The number of hydrogen-bond acceptors (Lipinski definition) is 5. The highest BCUT2D eigenvalue weighted by atomic mass is 35.5. The molecule has 3 aromatic carbocycles. The molecule has 0 bridgehead atoms. The molecule has 192 valence electrons. The minimum Gasteiger partial charge on any atom is -0.492 e. The van der Waals surface area contributed by atoms with Crippen molar-refractivity contribution in [3.8, 4) is 22.7 Å². The molecular formula is C29H23ClFN3O2S2. The van der Waals surface area contributed by atoms with Crippen LogP contribution in [-0.2, 0) is 11.3 Å². The summed E-state index contributed by atoms with van der Waals surface area (Å²) in [5, 5.41) is 5.32. The summed E-state index contributed by atoms with van der Waals surface area (Å²) in [7, 11) is 0. The molecule has 1 aliphatic rings. The van der Waals surface area contributed by atoms with Crippen LogP contribution in [0.25, 0.3) is 23.0 Å².